The summed E-state index contributed by atoms with van der Waals surface area (Å²) < 4.78 is 11.1. The normalized spacial score (nSPS) is 32.5. The van der Waals surface area contributed by atoms with Gasteiger partial charge in [0.05, 0.1) is 18.9 Å². The number of fused-ring (bicyclic) bond motifs is 1. The van der Waals surface area contributed by atoms with Gasteiger partial charge in [-0.3, -0.25) is 0 Å². The highest BCUT2D eigenvalue weighted by molar-refractivity contribution is 5.54. The monoisotopic (exact) mass is 248 g/mol. The first-order valence-electron chi connectivity index (χ1n) is 6.51. The molecule has 1 saturated heterocycles. The predicted octanol–water partition coefficient (Wildman–Crippen LogP) is 2.32. The molecule has 3 unspecified atom stereocenters. The second-order valence-corrected chi connectivity index (χ2v) is 5.75. The number of rotatable bonds is 3. The quantitative estimate of drug-likeness (QED) is 0.891. The number of nitrogens with zero attached hydrogens (tertiary/aromatic N) is 1. The van der Waals surface area contributed by atoms with Gasteiger partial charge in [0, 0.05) is 30.2 Å². The molecule has 1 aliphatic heterocycles. The molecule has 3 atom stereocenters. The summed E-state index contributed by atoms with van der Waals surface area (Å²) in [5, 5.41) is 3.59. The molecule has 4 heteroatoms. The number of ether oxygens (including phenoxy) is 2. The lowest BCUT2D eigenvalue weighted by atomic mass is 9.57. The lowest BCUT2D eigenvalue weighted by molar-refractivity contribution is -0.0923. The summed E-state index contributed by atoms with van der Waals surface area (Å²) >= 11 is 0. The molecule has 1 N–H and O–H groups in total. The summed E-state index contributed by atoms with van der Waals surface area (Å²) in [6, 6.07) is 4.38. The maximum Gasteiger partial charge on any atom is 0.237 e. The summed E-state index contributed by atoms with van der Waals surface area (Å²) in [6.45, 7) is 5.42. The number of methoxy groups -OCH3 is 1. The highest BCUT2D eigenvalue weighted by Gasteiger charge is 2.59. The molecular weight excluding hydrogens is 228 g/mol. The van der Waals surface area contributed by atoms with E-state index in [-0.39, 0.29) is 5.41 Å². The number of hydrogen-bond acceptors (Lipinski definition) is 4. The van der Waals surface area contributed by atoms with Gasteiger partial charge >= 0.3 is 0 Å². The second-order valence-electron chi connectivity index (χ2n) is 5.75. The highest BCUT2D eigenvalue weighted by Crippen LogP contribution is 2.53. The van der Waals surface area contributed by atoms with Crippen LogP contribution in [0.2, 0.25) is 0 Å². The lowest BCUT2D eigenvalue weighted by Gasteiger charge is -2.55. The molecule has 0 spiro atoms. The van der Waals surface area contributed by atoms with E-state index in [2.05, 4.69) is 24.1 Å². The molecule has 2 heterocycles. The maximum atomic E-state index is 5.80. The summed E-state index contributed by atoms with van der Waals surface area (Å²) in [5.74, 6) is 1.28. The zero-order valence-electron chi connectivity index (χ0n) is 11.1. The van der Waals surface area contributed by atoms with Crippen molar-refractivity contribution in [2.24, 2.45) is 11.3 Å². The Kier molecular flexibility index (Phi) is 2.70. The van der Waals surface area contributed by atoms with E-state index >= 15 is 0 Å². The van der Waals surface area contributed by atoms with Crippen molar-refractivity contribution < 1.29 is 9.47 Å². The molecule has 0 radical (unpaired) electrons. The summed E-state index contributed by atoms with van der Waals surface area (Å²) in [4.78, 5) is 4.23. The van der Waals surface area contributed by atoms with E-state index in [1.54, 1.807) is 13.3 Å². The molecule has 1 aromatic heterocycles. The van der Waals surface area contributed by atoms with Crippen LogP contribution in [0.25, 0.3) is 0 Å². The first kappa shape index (κ1) is 11.8. The third-order valence-corrected chi connectivity index (χ3v) is 4.38. The van der Waals surface area contributed by atoms with E-state index in [1.807, 2.05) is 12.1 Å². The van der Waals surface area contributed by atoms with E-state index in [0.717, 1.165) is 18.7 Å². The summed E-state index contributed by atoms with van der Waals surface area (Å²) in [5.41, 5.74) is 1.14. The molecule has 4 nitrogen and oxygen atoms in total. The molecule has 18 heavy (non-hydrogen) atoms. The van der Waals surface area contributed by atoms with Gasteiger partial charge in [0.2, 0.25) is 5.88 Å². The Morgan fingerprint density at radius 2 is 2.33 bits per heavy atom. The van der Waals surface area contributed by atoms with E-state index < -0.39 is 0 Å². The van der Waals surface area contributed by atoms with Crippen LogP contribution >= 0.6 is 0 Å². The third kappa shape index (κ3) is 1.59. The van der Waals surface area contributed by atoms with E-state index in [0.29, 0.717) is 23.9 Å². The van der Waals surface area contributed by atoms with Crippen molar-refractivity contribution in [3.63, 3.8) is 0 Å². The minimum absolute atomic E-state index is 0.169. The minimum atomic E-state index is 0.169. The van der Waals surface area contributed by atoms with Crippen molar-refractivity contribution in [2.45, 2.75) is 32.4 Å². The third-order valence-electron chi connectivity index (χ3n) is 4.38. The van der Waals surface area contributed by atoms with Crippen molar-refractivity contribution in [3.05, 3.63) is 18.3 Å². The first-order valence-corrected chi connectivity index (χ1v) is 6.51. The number of aromatic nitrogens is 1. The smallest absolute Gasteiger partial charge is 0.237 e. The van der Waals surface area contributed by atoms with Gasteiger partial charge in [-0.2, -0.15) is 0 Å². The molecule has 0 amide bonds. The summed E-state index contributed by atoms with van der Waals surface area (Å²) in [7, 11) is 1.65. The lowest BCUT2D eigenvalue weighted by Crippen LogP contribution is -2.63. The molecular formula is C14H20N2O2. The molecule has 3 rings (SSSR count). The average Bonchev–Trinajstić information content (AvgIpc) is 2.83. The van der Waals surface area contributed by atoms with Gasteiger partial charge in [-0.15, -0.1) is 0 Å². The van der Waals surface area contributed by atoms with E-state index in [1.165, 1.54) is 0 Å². The number of hydrogen-bond donors (Lipinski definition) is 1. The van der Waals surface area contributed by atoms with Crippen LogP contribution in [0.5, 0.6) is 5.88 Å². The zero-order chi connectivity index (χ0) is 12.8. The Morgan fingerprint density at radius 1 is 1.50 bits per heavy atom. The number of anilines is 1. The predicted molar refractivity (Wildman–Crippen MR) is 69.8 cm³/mol. The Morgan fingerprint density at radius 3 is 3.11 bits per heavy atom. The van der Waals surface area contributed by atoms with Crippen LogP contribution in [0, 0.1) is 11.3 Å². The largest absolute Gasteiger partial charge is 0.480 e. The van der Waals surface area contributed by atoms with Gasteiger partial charge in [-0.1, -0.05) is 13.8 Å². The Hall–Kier alpha value is -1.29. The van der Waals surface area contributed by atoms with Crippen LogP contribution in [0.3, 0.4) is 0 Å². The van der Waals surface area contributed by atoms with Crippen molar-refractivity contribution in [2.75, 3.05) is 19.0 Å². The average molecular weight is 248 g/mol. The van der Waals surface area contributed by atoms with E-state index in [4.69, 9.17) is 9.47 Å². The SMILES string of the molecule is COc1ncccc1NC1C2CCOC2C1(C)C. The maximum absolute atomic E-state index is 5.80. The zero-order valence-corrected chi connectivity index (χ0v) is 11.1. The van der Waals surface area contributed by atoms with Crippen LogP contribution in [-0.2, 0) is 4.74 Å². The standard InChI is InChI=1S/C14H20N2O2/c1-14(2)11(9-6-8-18-12(9)14)16-10-5-4-7-15-13(10)17-3/h4-5,7,9,11-12,16H,6,8H2,1-3H3. The van der Waals surface area contributed by atoms with Crippen LogP contribution in [-0.4, -0.2) is 30.8 Å². The van der Waals surface area contributed by atoms with Gasteiger partial charge in [0.1, 0.15) is 0 Å². The van der Waals surface area contributed by atoms with E-state index in [9.17, 15) is 0 Å². The van der Waals surface area contributed by atoms with Crippen molar-refractivity contribution in [1.82, 2.24) is 4.98 Å². The van der Waals surface area contributed by atoms with Crippen molar-refractivity contribution in [3.8, 4) is 5.88 Å². The fraction of sp³-hybridized carbons (Fsp3) is 0.643. The van der Waals surface area contributed by atoms with Gasteiger partial charge in [-0.25, -0.2) is 4.98 Å². The Labute approximate surface area is 108 Å². The highest BCUT2D eigenvalue weighted by atomic mass is 16.5. The molecule has 98 valence electrons. The molecule has 2 fully saturated rings. The molecule has 1 saturated carbocycles. The Bertz CT molecular complexity index is 447. The molecule has 2 aliphatic rings. The van der Waals surface area contributed by atoms with Crippen LogP contribution < -0.4 is 10.1 Å². The van der Waals surface area contributed by atoms with Crippen molar-refractivity contribution in [1.29, 1.82) is 0 Å². The number of nitrogens with one attached hydrogen (secondary N) is 1. The van der Waals surface area contributed by atoms with Gasteiger partial charge in [0.25, 0.3) is 0 Å². The molecule has 1 aliphatic carbocycles. The van der Waals surface area contributed by atoms with Gasteiger partial charge in [-0.05, 0) is 18.6 Å². The van der Waals surface area contributed by atoms with Gasteiger partial charge in [0.15, 0.2) is 0 Å². The van der Waals surface area contributed by atoms with Crippen molar-refractivity contribution >= 4 is 5.69 Å². The molecule has 1 aromatic rings. The molecule has 0 bridgehead atoms. The van der Waals surface area contributed by atoms with Crippen LogP contribution in [0.1, 0.15) is 20.3 Å². The Balaban J connectivity index is 1.80. The van der Waals surface area contributed by atoms with Crippen LogP contribution in [0.4, 0.5) is 5.69 Å². The van der Waals surface area contributed by atoms with Crippen LogP contribution in [0.15, 0.2) is 18.3 Å². The minimum Gasteiger partial charge on any atom is -0.480 e. The fourth-order valence-corrected chi connectivity index (χ4v) is 3.45. The molecule has 0 aromatic carbocycles. The summed E-state index contributed by atoms with van der Waals surface area (Å²) in [6.07, 6.45) is 3.30. The second kappa shape index (κ2) is 4.12. The fourth-order valence-electron chi connectivity index (χ4n) is 3.45. The topological polar surface area (TPSA) is 43.4 Å². The van der Waals surface area contributed by atoms with Gasteiger partial charge < -0.3 is 14.8 Å². The number of pyridine rings is 1. The first-order chi connectivity index (χ1) is 8.64.